The first-order chi connectivity index (χ1) is 8.60. The summed E-state index contributed by atoms with van der Waals surface area (Å²) in [5, 5.41) is 0.574. The van der Waals surface area contributed by atoms with E-state index in [9.17, 15) is 4.79 Å². The van der Waals surface area contributed by atoms with Crippen molar-refractivity contribution in [2.75, 3.05) is 19.6 Å². The fourth-order valence-electron chi connectivity index (χ4n) is 2.23. The van der Waals surface area contributed by atoms with Crippen LogP contribution in [-0.4, -0.2) is 30.4 Å². The highest BCUT2D eigenvalue weighted by atomic mass is 79.9. The summed E-state index contributed by atoms with van der Waals surface area (Å²) >= 11 is 9.32. The van der Waals surface area contributed by atoms with E-state index in [4.69, 9.17) is 17.3 Å². The molecule has 2 N–H and O–H groups in total. The van der Waals surface area contributed by atoms with Gasteiger partial charge in [-0.2, -0.15) is 0 Å². The molecule has 18 heavy (non-hydrogen) atoms. The van der Waals surface area contributed by atoms with Gasteiger partial charge in [0.1, 0.15) is 0 Å². The van der Waals surface area contributed by atoms with Gasteiger partial charge in [-0.15, -0.1) is 0 Å². The molecule has 1 fully saturated rings. The first-order valence-corrected chi connectivity index (χ1v) is 7.22. The first kappa shape index (κ1) is 13.8. The van der Waals surface area contributed by atoms with E-state index in [0.717, 1.165) is 30.4 Å². The standard InChI is InChI=1S/C13H16BrClN2O/c14-11-5-10(6-12(15)7-11)13(18)17-3-1-9(8-16)2-4-17/h5-7,9H,1-4,8,16H2. The number of piperidine rings is 1. The minimum absolute atomic E-state index is 0.0497. The molecule has 98 valence electrons. The zero-order valence-electron chi connectivity index (χ0n) is 10.0. The predicted octanol–water partition coefficient (Wildman–Crippen LogP) is 2.91. The van der Waals surface area contributed by atoms with Crippen LogP contribution in [0.2, 0.25) is 5.02 Å². The third-order valence-corrected chi connectivity index (χ3v) is 4.02. The summed E-state index contributed by atoms with van der Waals surface area (Å²) in [5.41, 5.74) is 6.29. The third kappa shape index (κ3) is 3.25. The number of halogens is 2. The highest BCUT2D eigenvalue weighted by molar-refractivity contribution is 9.10. The van der Waals surface area contributed by atoms with Crippen LogP contribution < -0.4 is 5.73 Å². The number of nitrogens with two attached hydrogens (primary N) is 1. The van der Waals surface area contributed by atoms with Gasteiger partial charge < -0.3 is 10.6 Å². The van der Waals surface area contributed by atoms with E-state index >= 15 is 0 Å². The van der Waals surface area contributed by atoms with E-state index in [1.54, 1.807) is 12.1 Å². The van der Waals surface area contributed by atoms with Crippen LogP contribution in [0.25, 0.3) is 0 Å². The topological polar surface area (TPSA) is 46.3 Å². The average molecular weight is 332 g/mol. The van der Waals surface area contributed by atoms with Gasteiger partial charge in [0.15, 0.2) is 0 Å². The summed E-state index contributed by atoms with van der Waals surface area (Å²) in [6.07, 6.45) is 1.98. The van der Waals surface area contributed by atoms with E-state index in [-0.39, 0.29) is 5.91 Å². The number of rotatable bonds is 2. The van der Waals surface area contributed by atoms with Crippen molar-refractivity contribution >= 4 is 33.4 Å². The highest BCUT2D eigenvalue weighted by Crippen LogP contribution is 2.23. The minimum Gasteiger partial charge on any atom is -0.339 e. The van der Waals surface area contributed by atoms with Gasteiger partial charge in [0.25, 0.3) is 5.91 Å². The van der Waals surface area contributed by atoms with Crippen molar-refractivity contribution in [2.24, 2.45) is 11.7 Å². The van der Waals surface area contributed by atoms with Crippen molar-refractivity contribution in [2.45, 2.75) is 12.8 Å². The van der Waals surface area contributed by atoms with Crippen molar-refractivity contribution in [3.63, 3.8) is 0 Å². The summed E-state index contributed by atoms with van der Waals surface area (Å²) in [5.74, 6) is 0.605. The Morgan fingerprint density at radius 2 is 2.06 bits per heavy atom. The number of benzene rings is 1. The Morgan fingerprint density at radius 1 is 1.39 bits per heavy atom. The first-order valence-electron chi connectivity index (χ1n) is 6.05. The van der Waals surface area contributed by atoms with Crippen molar-refractivity contribution in [1.29, 1.82) is 0 Å². The van der Waals surface area contributed by atoms with Crippen LogP contribution >= 0.6 is 27.5 Å². The van der Waals surface area contributed by atoms with Crippen LogP contribution in [0, 0.1) is 5.92 Å². The molecule has 0 aromatic heterocycles. The van der Waals surface area contributed by atoms with Crippen molar-refractivity contribution < 1.29 is 4.79 Å². The molecule has 0 bridgehead atoms. The number of hydrogen-bond donors (Lipinski definition) is 1. The van der Waals surface area contributed by atoms with Gasteiger partial charge in [-0.25, -0.2) is 0 Å². The lowest BCUT2D eigenvalue weighted by atomic mass is 9.96. The van der Waals surface area contributed by atoms with E-state index in [1.165, 1.54) is 0 Å². The number of amides is 1. The second kappa shape index (κ2) is 6.04. The second-order valence-electron chi connectivity index (χ2n) is 4.63. The van der Waals surface area contributed by atoms with Crippen molar-refractivity contribution in [3.8, 4) is 0 Å². The van der Waals surface area contributed by atoms with Gasteiger partial charge in [0.2, 0.25) is 0 Å². The molecule has 1 heterocycles. The monoisotopic (exact) mass is 330 g/mol. The van der Waals surface area contributed by atoms with Gasteiger partial charge in [-0.05, 0) is 43.5 Å². The normalized spacial score (nSPS) is 16.9. The Morgan fingerprint density at radius 3 is 2.61 bits per heavy atom. The molecule has 1 saturated heterocycles. The van der Waals surface area contributed by atoms with Crippen molar-refractivity contribution in [3.05, 3.63) is 33.3 Å². The number of likely N-dealkylation sites (tertiary alicyclic amines) is 1. The summed E-state index contributed by atoms with van der Waals surface area (Å²) in [7, 11) is 0. The molecule has 1 aliphatic rings. The summed E-state index contributed by atoms with van der Waals surface area (Å²) in [6, 6.07) is 5.30. The summed E-state index contributed by atoms with van der Waals surface area (Å²) in [4.78, 5) is 14.2. The van der Waals surface area contributed by atoms with Crippen LogP contribution in [0.4, 0.5) is 0 Å². The van der Waals surface area contributed by atoms with Crippen LogP contribution in [0.3, 0.4) is 0 Å². The third-order valence-electron chi connectivity index (χ3n) is 3.34. The molecule has 2 rings (SSSR count). The summed E-state index contributed by atoms with van der Waals surface area (Å²) in [6.45, 7) is 2.28. The molecule has 0 atom stereocenters. The van der Waals surface area contributed by atoms with E-state index in [1.807, 2.05) is 11.0 Å². The quantitative estimate of drug-likeness (QED) is 0.905. The number of carbonyl (C=O) groups excluding carboxylic acids is 1. The van der Waals surface area contributed by atoms with Gasteiger partial charge in [-0.3, -0.25) is 4.79 Å². The SMILES string of the molecule is NCC1CCN(C(=O)c2cc(Cl)cc(Br)c2)CC1. The lowest BCUT2D eigenvalue weighted by Gasteiger charge is -2.31. The van der Waals surface area contributed by atoms with Gasteiger partial charge in [-0.1, -0.05) is 27.5 Å². The Labute approximate surface area is 120 Å². The molecule has 1 amide bonds. The van der Waals surface area contributed by atoms with Crippen LogP contribution in [0.15, 0.2) is 22.7 Å². The van der Waals surface area contributed by atoms with E-state index in [2.05, 4.69) is 15.9 Å². The summed E-state index contributed by atoms with van der Waals surface area (Å²) < 4.78 is 0.829. The molecule has 3 nitrogen and oxygen atoms in total. The largest absolute Gasteiger partial charge is 0.339 e. The molecule has 1 aromatic rings. The Kier molecular flexibility index (Phi) is 4.65. The number of hydrogen-bond acceptors (Lipinski definition) is 2. The van der Waals surface area contributed by atoms with Crippen molar-refractivity contribution in [1.82, 2.24) is 4.90 Å². The molecule has 1 aliphatic heterocycles. The lowest BCUT2D eigenvalue weighted by molar-refractivity contribution is 0.0693. The van der Waals surface area contributed by atoms with Crippen LogP contribution in [0.1, 0.15) is 23.2 Å². The zero-order chi connectivity index (χ0) is 13.1. The Bertz CT molecular complexity index is 424. The van der Waals surface area contributed by atoms with Gasteiger partial charge >= 0.3 is 0 Å². The average Bonchev–Trinajstić information content (AvgIpc) is 2.37. The predicted molar refractivity (Wildman–Crippen MR) is 76.8 cm³/mol. The fourth-order valence-corrected chi connectivity index (χ4v) is 3.09. The zero-order valence-corrected chi connectivity index (χ0v) is 12.4. The maximum Gasteiger partial charge on any atom is 0.253 e. The van der Waals surface area contributed by atoms with Crippen LogP contribution in [-0.2, 0) is 0 Å². The Balaban J connectivity index is 2.07. The maximum atomic E-state index is 12.3. The molecular formula is C13H16BrClN2O. The van der Waals surface area contributed by atoms with Gasteiger partial charge in [0, 0.05) is 28.1 Å². The molecule has 1 aromatic carbocycles. The fraction of sp³-hybridized carbons (Fsp3) is 0.462. The van der Waals surface area contributed by atoms with Gasteiger partial charge in [0.05, 0.1) is 0 Å². The number of carbonyl (C=O) groups is 1. The van der Waals surface area contributed by atoms with E-state index < -0.39 is 0 Å². The molecular weight excluding hydrogens is 316 g/mol. The number of nitrogens with zero attached hydrogens (tertiary/aromatic N) is 1. The smallest absolute Gasteiger partial charge is 0.253 e. The molecule has 0 unspecified atom stereocenters. The molecule has 0 aliphatic carbocycles. The molecule has 5 heteroatoms. The van der Waals surface area contributed by atoms with E-state index in [0.29, 0.717) is 23.0 Å². The molecule has 0 spiro atoms. The minimum atomic E-state index is 0.0497. The second-order valence-corrected chi connectivity index (χ2v) is 5.98. The highest BCUT2D eigenvalue weighted by Gasteiger charge is 2.23. The molecule has 0 radical (unpaired) electrons. The lowest BCUT2D eigenvalue weighted by Crippen LogP contribution is -2.40. The molecule has 0 saturated carbocycles. The van der Waals surface area contributed by atoms with Crippen LogP contribution in [0.5, 0.6) is 0 Å². The Hall–Kier alpha value is -0.580. The maximum absolute atomic E-state index is 12.3.